The highest BCUT2D eigenvalue weighted by Gasteiger charge is 2.22. The second-order valence-electron chi connectivity index (χ2n) is 5.01. The summed E-state index contributed by atoms with van der Waals surface area (Å²) in [4.78, 5) is 30.9. The molecule has 2 aromatic heterocycles. The first-order valence-electron chi connectivity index (χ1n) is 7.03. The molecule has 2 heterocycles. The quantitative estimate of drug-likeness (QED) is 0.743. The molecule has 21 heavy (non-hydrogen) atoms. The Hall–Kier alpha value is -1.63. The van der Waals surface area contributed by atoms with Gasteiger partial charge in [-0.15, -0.1) is 0 Å². The summed E-state index contributed by atoms with van der Waals surface area (Å²) in [6.07, 6.45) is 4.86. The number of nitrogens with zero attached hydrogens (tertiary/aromatic N) is 2. The lowest BCUT2D eigenvalue weighted by Gasteiger charge is -2.14. The van der Waals surface area contributed by atoms with E-state index in [0.717, 1.165) is 30.2 Å². The van der Waals surface area contributed by atoms with E-state index in [1.54, 1.807) is 6.20 Å². The van der Waals surface area contributed by atoms with E-state index in [4.69, 9.17) is 5.73 Å². The van der Waals surface area contributed by atoms with Crippen molar-refractivity contribution in [1.82, 2.24) is 14.5 Å². The van der Waals surface area contributed by atoms with Gasteiger partial charge >= 0.3 is 5.69 Å². The number of halogens is 1. The maximum absolute atomic E-state index is 12.2. The van der Waals surface area contributed by atoms with Gasteiger partial charge in [-0.3, -0.25) is 9.36 Å². The van der Waals surface area contributed by atoms with Crippen LogP contribution >= 0.6 is 15.9 Å². The molecule has 1 atom stereocenters. The third kappa shape index (κ3) is 3.34. The maximum atomic E-state index is 12.2. The molecule has 0 fully saturated rings. The highest BCUT2D eigenvalue weighted by molar-refractivity contribution is 9.09. The number of imidazole rings is 1. The number of alkyl halides is 1. The summed E-state index contributed by atoms with van der Waals surface area (Å²) in [5, 5.41) is 0.825. The van der Waals surface area contributed by atoms with E-state index < -0.39 is 11.9 Å². The van der Waals surface area contributed by atoms with Gasteiger partial charge in [0, 0.05) is 11.5 Å². The summed E-state index contributed by atoms with van der Waals surface area (Å²) in [5.41, 5.74) is 7.27. The number of aromatic amines is 1. The van der Waals surface area contributed by atoms with Crippen LogP contribution < -0.4 is 11.4 Å². The van der Waals surface area contributed by atoms with Crippen LogP contribution in [0.2, 0.25) is 0 Å². The summed E-state index contributed by atoms with van der Waals surface area (Å²) in [6.45, 7) is 2.03. The minimum Gasteiger partial charge on any atom is -0.368 e. The first kappa shape index (κ1) is 15.8. The Morgan fingerprint density at radius 2 is 2.33 bits per heavy atom. The summed E-state index contributed by atoms with van der Waals surface area (Å²) in [6, 6.07) is 1.24. The molecule has 0 saturated heterocycles. The highest BCUT2D eigenvalue weighted by Crippen LogP contribution is 2.19. The van der Waals surface area contributed by atoms with Crippen molar-refractivity contribution in [3.63, 3.8) is 0 Å². The maximum Gasteiger partial charge on any atom is 0.328 e. The van der Waals surface area contributed by atoms with E-state index in [0.29, 0.717) is 17.6 Å². The normalized spacial score (nSPS) is 12.7. The number of hydrogen-bond donors (Lipinski definition) is 2. The van der Waals surface area contributed by atoms with Crippen molar-refractivity contribution in [2.24, 2.45) is 5.73 Å². The number of fused-ring (bicyclic) bond motifs is 1. The van der Waals surface area contributed by atoms with Crippen LogP contribution in [0.15, 0.2) is 17.1 Å². The van der Waals surface area contributed by atoms with Gasteiger partial charge in [-0.2, -0.15) is 0 Å². The van der Waals surface area contributed by atoms with Crippen LogP contribution in [0.3, 0.4) is 0 Å². The van der Waals surface area contributed by atoms with E-state index in [9.17, 15) is 9.59 Å². The fraction of sp³-hybridized carbons (Fsp3) is 0.500. The molecule has 0 aliphatic heterocycles. The van der Waals surface area contributed by atoms with Gasteiger partial charge in [0.25, 0.3) is 0 Å². The largest absolute Gasteiger partial charge is 0.368 e. The number of pyridine rings is 1. The van der Waals surface area contributed by atoms with Crippen molar-refractivity contribution in [2.75, 3.05) is 5.33 Å². The molecule has 0 spiro atoms. The Balaban J connectivity index is 2.49. The topological polar surface area (TPSA) is 93.8 Å². The highest BCUT2D eigenvalue weighted by atomic mass is 79.9. The van der Waals surface area contributed by atoms with Crippen LogP contribution in [0.4, 0.5) is 0 Å². The van der Waals surface area contributed by atoms with Gasteiger partial charge in [0.05, 0.1) is 5.52 Å². The summed E-state index contributed by atoms with van der Waals surface area (Å²) >= 11 is 3.37. The predicted molar refractivity (Wildman–Crippen MR) is 85.6 cm³/mol. The number of hydrogen-bond acceptors (Lipinski definition) is 3. The molecule has 0 bridgehead atoms. The summed E-state index contributed by atoms with van der Waals surface area (Å²) in [5.74, 6) is -0.502. The lowest BCUT2D eigenvalue weighted by atomic mass is 10.1. The van der Waals surface area contributed by atoms with Crippen molar-refractivity contribution < 1.29 is 4.79 Å². The van der Waals surface area contributed by atoms with Crippen molar-refractivity contribution >= 4 is 33.0 Å². The number of carbonyl (C=O) groups excluding carboxylic acids is 1. The summed E-state index contributed by atoms with van der Waals surface area (Å²) in [7, 11) is 0. The molecule has 1 unspecified atom stereocenters. The molecule has 0 aliphatic rings. The van der Waals surface area contributed by atoms with E-state index in [1.807, 2.05) is 13.0 Å². The van der Waals surface area contributed by atoms with Gasteiger partial charge in [-0.25, -0.2) is 9.78 Å². The minimum absolute atomic E-state index is 0.339. The number of carbonyl (C=O) groups is 1. The Kier molecular flexibility index (Phi) is 5.17. The van der Waals surface area contributed by atoms with Gasteiger partial charge < -0.3 is 10.7 Å². The standard InChI is InChI=1S/C14H19BrN4O2/c1-2-3-4-11(12(16)20)19-13-10(18-14(19)21)7-9(5-6-15)8-17-13/h7-8,11H,2-6H2,1H3,(H2,16,20)(H,18,21). The van der Waals surface area contributed by atoms with E-state index in [-0.39, 0.29) is 5.69 Å². The smallest absolute Gasteiger partial charge is 0.328 e. The van der Waals surface area contributed by atoms with E-state index in [2.05, 4.69) is 25.9 Å². The van der Waals surface area contributed by atoms with Gasteiger partial charge in [0.1, 0.15) is 6.04 Å². The molecular weight excluding hydrogens is 336 g/mol. The Labute approximate surface area is 130 Å². The molecule has 0 saturated carbocycles. The fourth-order valence-corrected chi connectivity index (χ4v) is 2.85. The SMILES string of the molecule is CCCCC(C(N)=O)n1c(=O)[nH]c2cc(CCBr)cnc21. The second kappa shape index (κ2) is 6.89. The fourth-order valence-electron chi connectivity index (χ4n) is 2.39. The second-order valence-corrected chi connectivity index (χ2v) is 5.81. The van der Waals surface area contributed by atoms with Crippen LogP contribution in [0.1, 0.15) is 37.8 Å². The van der Waals surface area contributed by atoms with Crippen molar-refractivity contribution in [3.8, 4) is 0 Å². The number of amides is 1. The van der Waals surface area contributed by atoms with Crippen molar-refractivity contribution in [3.05, 3.63) is 28.3 Å². The number of unbranched alkanes of at least 4 members (excludes halogenated alkanes) is 1. The molecule has 3 N–H and O–H groups in total. The Bertz CT molecular complexity index is 692. The number of nitrogens with one attached hydrogen (secondary N) is 1. The van der Waals surface area contributed by atoms with Crippen LogP contribution in [0.25, 0.3) is 11.2 Å². The first-order valence-corrected chi connectivity index (χ1v) is 8.15. The van der Waals surface area contributed by atoms with Crippen molar-refractivity contribution in [1.29, 1.82) is 0 Å². The molecule has 2 aromatic rings. The number of nitrogens with two attached hydrogens (primary N) is 1. The Morgan fingerprint density at radius 1 is 1.57 bits per heavy atom. The minimum atomic E-state index is -0.652. The third-order valence-electron chi connectivity index (χ3n) is 3.47. The summed E-state index contributed by atoms with van der Waals surface area (Å²) < 4.78 is 1.38. The van der Waals surface area contributed by atoms with Gasteiger partial charge in [-0.1, -0.05) is 35.7 Å². The molecule has 0 radical (unpaired) electrons. The van der Waals surface area contributed by atoms with E-state index in [1.165, 1.54) is 4.57 Å². The number of primary amides is 1. The lowest BCUT2D eigenvalue weighted by molar-refractivity contribution is -0.121. The Morgan fingerprint density at radius 3 is 2.95 bits per heavy atom. The van der Waals surface area contributed by atoms with Crippen LogP contribution in [0.5, 0.6) is 0 Å². The zero-order valence-electron chi connectivity index (χ0n) is 11.9. The average molecular weight is 355 g/mol. The van der Waals surface area contributed by atoms with Gasteiger partial charge in [0.15, 0.2) is 5.65 Å². The van der Waals surface area contributed by atoms with E-state index >= 15 is 0 Å². The molecule has 0 aromatic carbocycles. The zero-order valence-corrected chi connectivity index (χ0v) is 13.5. The van der Waals surface area contributed by atoms with Gasteiger partial charge in [-0.05, 0) is 24.5 Å². The van der Waals surface area contributed by atoms with Crippen molar-refractivity contribution in [2.45, 2.75) is 38.6 Å². The lowest BCUT2D eigenvalue weighted by Crippen LogP contribution is -2.32. The van der Waals surface area contributed by atoms with Crippen LogP contribution in [-0.4, -0.2) is 25.8 Å². The molecule has 0 aliphatic carbocycles. The number of aromatic nitrogens is 3. The zero-order chi connectivity index (χ0) is 15.4. The van der Waals surface area contributed by atoms with Gasteiger partial charge in [0.2, 0.25) is 5.91 Å². The predicted octanol–water partition coefficient (Wildman–Crippen LogP) is 1.88. The third-order valence-corrected chi connectivity index (χ3v) is 3.86. The molecular formula is C14H19BrN4O2. The molecule has 7 heteroatoms. The van der Waals surface area contributed by atoms with Crippen LogP contribution in [-0.2, 0) is 11.2 Å². The molecule has 6 nitrogen and oxygen atoms in total. The number of H-pyrrole nitrogens is 1. The first-order chi connectivity index (χ1) is 10.1. The molecule has 114 valence electrons. The number of rotatable bonds is 7. The average Bonchev–Trinajstić information content (AvgIpc) is 2.75. The van der Waals surface area contributed by atoms with Crippen LogP contribution in [0, 0.1) is 0 Å². The molecule has 2 rings (SSSR count). The molecule has 1 amide bonds. The monoisotopic (exact) mass is 354 g/mol. The number of aryl methyl sites for hydroxylation is 1.